The Bertz CT molecular complexity index is 642. The summed E-state index contributed by atoms with van der Waals surface area (Å²) in [4.78, 5) is 14.4. The number of fused-ring (bicyclic) bond motifs is 2. The first-order valence-electron chi connectivity index (χ1n) is 8.36. The summed E-state index contributed by atoms with van der Waals surface area (Å²) in [6, 6.07) is 8.00. The molecule has 2 saturated carbocycles. The molecule has 6 nitrogen and oxygen atoms in total. The molecule has 6 N–H and O–H groups in total. The molecule has 0 atom stereocenters. The molecule has 2 bridgehead atoms. The Hall–Kier alpha value is -2.18. The minimum absolute atomic E-state index is 0.0787. The van der Waals surface area contributed by atoms with Crippen molar-refractivity contribution >= 4 is 17.9 Å². The Morgan fingerprint density at radius 1 is 1.21 bits per heavy atom. The number of nitrogens with one attached hydrogen (secondary N) is 2. The molecule has 1 amide bonds. The van der Waals surface area contributed by atoms with Crippen molar-refractivity contribution in [3.8, 4) is 0 Å². The van der Waals surface area contributed by atoms with Crippen molar-refractivity contribution in [1.82, 2.24) is 10.6 Å². The SMILES string of the molecule is NC(/C=C\NC=O)=Nc1ccc(CNC23CCC(N)(CC2)C3)cc1. The van der Waals surface area contributed by atoms with Crippen LogP contribution in [0.1, 0.15) is 37.7 Å². The van der Waals surface area contributed by atoms with Gasteiger partial charge in [-0.05, 0) is 55.9 Å². The van der Waals surface area contributed by atoms with Crippen molar-refractivity contribution in [3.63, 3.8) is 0 Å². The van der Waals surface area contributed by atoms with Gasteiger partial charge in [0.25, 0.3) is 0 Å². The highest BCUT2D eigenvalue weighted by molar-refractivity contribution is 5.93. The lowest BCUT2D eigenvalue weighted by atomic mass is 9.91. The molecule has 3 rings (SSSR count). The number of amidine groups is 1. The third-order valence-electron chi connectivity index (χ3n) is 5.17. The fourth-order valence-electron chi connectivity index (χ4n) is 3.83. The lowest BCUT2D eigenvalue weighted by Crippen LogP contribution is -2.40. The Morgan fingerprint density at radius 3 is 2.50 bits per heavy atom. The fraction of sp³-hybridized carbons (Fsp3) is 0.444. The van der Waals surface area contributed by atoms with Gasteiger partial charge in [-0.1, -0.05) is 12.1 Å². The number of hydrogen-bond acceptors (Lipinski definition) is 4. The number of nitrogens with zero attached hydrogens (tertiary/aromatic N) is 1. The summed E-state index contributed by atoms with van der Waals surface area (Å²) in [6.07, 6.45) is 9.31. The van der Waals surface area contributed by atoms with Gasteiger partial charge < -0.3 is 22.1 Å². The van der Waals surface area contributed by atoms with E-state index < -0.39 is 0 Å². The lowest BCUT2D eigenvalue weighted by molar-refractivity contribution is -0.108. The fourth-order valence-corrected chi connectivity index (χ4v) is 3.83. The molecule has 128 valence electrons. The van der Waals surface area contributed by atoms with Crippen LogP contribution in [0.15, 0.2) is 41.5 Å². The van der Waals surface area contributed by atoms with E-state index in [0.29, 0.717) is 12.2 Å². The quantitative estimate of drug-likeness (QED) is 0.345. The monoisotopic (exact) mass is 327 g/mol. The normalized spacial score (nSPS) is 29.3. The molecule has 1 aromatic carbocycles. The van der Waals surface area contributed by atoms with Crippen LogP contribution in [0.25, 0.3) is 0 Å². The van der Waals surface area contributed by atoms with Gasteiger partial charge in [0.1, 0.15) is 5.84 Å². The zero-order valence-electron chi connectivity index (χ0n) is 13.8. The molecular formula is C18H25N5O. The number of amides is 1. The number of aliphatic imine (C=N–C) groups is 1. The van der Waals surface area contributed by atoms with E-state index in [1.807, 2.05) is 12.1 Å². The maximum atomic E-state index is 10.1. The zero-order valence-corrected chi connectivity index (χ0v) is 13.8. The molecule has 1 aromatic rings. The number of nitrogens with two attached hydrogens (primary N) is 2. The first kappa shape index (κ1) is 16.7. The zero-order chi connectivity index (χ0) is 17.0. The average Bonchev–Trinajstić information content (AvgIpc) is 3.08. The van der Waals surface area contributed by atoms with Crippen molar-refractivity contribution in [2.45, 2.75) is 49.7 Å². The second-order valence-corrected chi connectivity index (χ2v) is 6.99. The molecule has 0 aromatic heterocycles. The summed E-state index contributed by atoms with van der Waals surface area (Å²) in [5.41, 5.74) is 14.5. The summed E-state index contributed by atoms with van der Waals surface area (Å²) in [7, 11) is 0. The molecule has 6 heteroatoms. The molecule has 0 saturated heterocycles. The highest BCUT2D eigenvalue weighted by Crippen LogP contribution is 2.49. The van der Waals surface area contributed by atoms with E-state index in [1.165, 1.54) is 24.6 Å². The first-order chi connectivity index (χ1) is 11.5. The van der Waals surface area contributed by atoms with Gasteiger partial charge in [0.2, 0.25) is 6.41 Å². The number of benzene rings is 1. The number of carbonyl (C=O) groups excluding carboxylic acids is 1. The van der Waals surface area contributed by atoms with E-state index in [1.54, 1.807) is 6.08 Å². The van der Waals surface area contributed by atoms with Crippen LogP contribution < -0.4 is 22.1 Å². The van der Waals surface area contributed by atoms with E-state index in [-0.39, 0.29) is 11.1 Å². The first-order valence-corrected chi connectivity index (χ1v) is 8.36. The topological polar surface area (TPSA) is 106 Å². The maximum Gasteiger partial charge on any atom is 0.211 e. The molecule has 0 radical (unpaired) electrons. The summed E-state index contributed by atoms with van der Waals surface area (Å²) >= 11 is 0. The standard InChI is InChI=1S/C18H25N5O/c19-16(5-10-21-13-24)23-15-3-1-14(2-4-15)11-22-18-8-6-17(20,12-18)7-9-18/h1-5,10,13,22H,6-9,11-12,20H2,(H2,19,23)(H,21,24)/b10-5-. The largest absolute Gasteiger partial charge is 0.384 e. The summed E-state index contributed by atoms with van der Waals surface area (Å²) in [6.45, 7) is 0.846. The molecule has 0 aliphatic heterocycles. The van der Waals surface area contributed by atoms with Crippen molar-refractivity contribution < 1.29 is 4.79 Å². The third-order valence-corrected chi connectivity index (χ3v) is 5.17. The summed E-state index contributed by atoms with van der Waals surface area (Å²) in [5.74, 6) is 0.338. The van der Waals surface area contributed by atoms with Gasteiger partial charge in [-0.2, -0.15) is 0 Å². The van der Waals surface area contributed by atoms with E-state index in [4.69, 9.17) is 11.5 Å². The van der Waals surface area contributed by atoms with Gasteiger partial charge in [0, 0.05) is 23.8 Å². The Balaban J connectivity index is 1.55. The number of carbonyl (C=O) groups is 1. The second-order valence-electron chi connectivity index (χ2n) is 6.99. The van der Waals surface area contributed by atoms with E-state index >= 15 is 0 Å². The van der Waals surface area contributed by atoms with Crippen LogP contribution in [-0.4, -0.2) is 23.3 Å². The van der Waals surface area contributed by atoms with Crippen molar-refractivity contribution in [2.75, 3.05) is 0 Å². The molecule has 2 fully saturated rings. The van der Waals surface area contributed by atoms with Crippen LogP contribution in [0.5, 0.6) is 0 Å². The van der Waals surface area contributed by atoms with Crippen molar-refractivity contribution in [3.05, 3.63) is 42.1 Å². The number of rotatable bonds is 7. The second kappa shape index (κ2) is 6.75. The highest BCUT2D eigenvalue weighted by Gasteiger charge is 2.51. The minimum atomic E-state index is 0.0787. The minimum Gasteiger partial charge on any atom is -0.384 e. The van der Waals surface area contributed by atoms with Crippen LogP contribution in [0.3, 0.4) is 0 Å². The molecular weight excluding hydrogens is 302 g/mol. The average molecular weight is 327 g/mol. The van der Waals surface area contributed by atoms with Crippen LogP contribution in [0.4, 0.5) is 5.69 Å². The van der Waals surface area contributed by atoms with E-state index in [0.717, 1.165) is 31.5 Å². The van der Waals surface area contributed by atoms with Gasteiger partial charge in [0.05, 0.1) is 5.69 Å². The lowest BCUT2D eigenvalue weighted by Gasteiger charge is -2.28. The van der Waals surface area contributed by atoms with Gasteiger partial charge >= 0.3 is 0 Å². The maximum absolute atomic E-state index is 10.1. The van der Waals surface area contributed by atoms with Gasteiger partial charge in [0.15, 0.2) is 0 Å². The van der Waals surface area contributed by atoms with Crippen LogP contribution in [-0.2, 0) is 11.3 Å². The molecule has 0 heterocycles. The van der Waals surface area contributed by atoms with Crippen LogP contribution in [0, 0.1) is 0 Å². The molecule has 2 aliphatic carbocycles. The van der Waals surface area contributed by atoms with Crippen LogP contribution in [0.2, 0.25) is 0 Å². The predicted octanol–water partition coefficient (Wildman–Crippen LogP) is 1.44. The Morgan fingerprint density at radius 2 is 1.92 bits per heavy atom. The van der Waals surface area contributed by atoms with Gasteiger partial charge in [-0.3, -0.25) is 4.79 Å². The number of hydrogen-bond donors (Lipinski definition) is 4. The predicted molar refractivity (Wildman–Crippen MR) is 95.6 cm³/mol. The molecule has 24 heavy (non-hydrogen) atoms. The molecule has 0 spiro atoms. The smallest absolute Gasteiger partial charge is 0.211 e. The summed E-state index contributed by atoms with van der Waals surface area (Å²) in [5, 5.41) is 6.12. The Kier molecular flexibility index (Phi) is 4.69. The van der Waals surface area contributed by atoms with Crippen molar-refractivity contribution in [1.29, 1.82) is 0 Å². The van der Waals surface area contributed by atoms with Gasteiger partial charge in [-0.15, -0.1) is 0 Å². The molecule has 0 unspecified atom stereocenters. The summed E-state index contributed by atoms with van der Waals surface area (Å²) < 4.78 is 0. The highest BCUT2D eigenvalue weighted by atomic mass is 16.1. The van der Waals surface area contributed by atoms with Crippen LogP contribution >= 0.6 is 0 Å². The van der Waals surface area contributed by atoms with E-state index in [9.17, 15) is 4.79 Å². The van der Waals surface area contributed by atoms with Crippen molar-refractivity contribution in [2.24, 2.45) is 16.5 Å². The molecule has 2 aliphatic rings. The van der Waals surface area contributed by atoms with E-state index in [2.05, 4.69) is 27.8 Å². The third kappa shape index (κ3) is 3.83. The van der Waals surface area contributed by atoms with Gasteiger partial charge in [-0.25, -0.2) is 4.99 Å². The Labute approximate surface area is 142 Å².